The highest BCUT2D eigenvalue weighted by Gasteiger charge is 2.10. The van der Waals surface area contributed by atoms with Gasteiger partial charge in [0.2, 0.25) is 5.91 Å². The van der Waals surface area contributed by atoms with Gasteiger partial charge < -0.3 is 10.6 Å². The molecule has 0 aliphatic carbocycles. The van der Waals surface area contributed by atoms with Gasteiger partial charge in [0.1, 0.15) is 0 Å². The zero-order chi connectivity index (χ0) is 18.6. The summed E-state index contributed by atoms with van der Waals surface area (Å²) in [6, 6.07) is 10.9. The van der Waals surface area contributed by atoms with E-state index in [2.05, 4.69) is 38.5 Å². The number of anilines is 2. The van der Waals surface area contributed by atoms with Crippen LogP contribution in [0.15, 0.2) is 36.4 Å². The monoisotopic (exact) mass is 467 g/mol. The van der Waals surface area contributed by atoms with Gasteiger partial charge in [-0.05, 0) is 84.0 Å². The van der Waals surface area contributed by atoms with Crippen LogP contribution in [0.5, 0.6) is 0 Å². The Kier molecular flexibility index (Phi) is 6.49. The van der Waals surface area contributed by atoms with E-state index in [1.807, 2.05) is 38.1 Å². The molecule has 2 aromatic carbocycles. The van der Waals surface area contributed by atoms with E-state index in [9.17, 15) is 9.59 Å². The molecule has 130 valence electrons. The molecule has 0 heterocycles. The average molecular weight is 467 g/mol. The van der Waals surface area contributed by atoms with Crippen LogP contribution in [-0.4, -0.2) is 16.9 Å². The molecule has 2 amide bonds. The number of benzene rings is 2. The molecule has 2 aromatic rings. The van der Waals surface area contributed by atoms with Gasteiger partial charge in [0.25, 0.3) is 5.91 Å². The van der Waals surface area contributed by atoms with Crippen LogP contribution in [0.4, 0.5) is 11.4 Å². The maximum Gasteiger partial charge on any atom is 0.257 e. The van der Waals surface area contributed by atoms with Crippen molar-refractivity contribution in [2.24, 2.45) is 0 Å². The van der Waals surface area contributed by atoms with Crippen LogP contribution < -0.4 is 16.0 Å². The predicted molar refractivity (Wildman–Crippen MR) is 113 cm³/mol. The Labute approximate surface area is 165 Å². The zero-order valence-electron chi connectivity index (χ0n) is 14.1. The van der Waals surface area contributed by atoms with Gasteiger partial charge in [-0.3, -0.25) is 14.9 Å². The van der Waals surface area contributed by atoms with Crippen molar-refractivity contribution in [1.29, 1.82) is 0 Å². The van der Waals surface area contributed by atoms with Gasteiger partial charge in [0, 0.05) is 27.4 Å². The molecule has 2 rings (SSSR count). The average Bonchev–Trinajstić information content (AvgIpc) is 2.52. The van der Waals surface area contributed by atoms with E-state index < -0.39 is 0 Å². The molecular formula is C18H18IN3O2S. The van der Waals surface area contributed by atoms with E-state index in [1.54, 1.807) is 12.1 Å². The number of nitrogens with one attached hydrogen (secondary N) is 3. The summed E-state index contributed by atoms with van der Waals surface area (Å²) in [4.78, 5) is 23.5. The number of amides is 2. The second kappa shape index (κ2) is 8.39. The Hall–Kier alpha value is -2.00. The van der Waals surface area contributed by atoms with Gasteiger partial charge in [-0.25, -0.2) is 0 Å². The molecule has 0 saturated heterocycles. The van der Waals surface area contributed by atoms with Crippen molar-refractivity contribution in [3.05, 3.63) is 56.7 Å². The van der Waals surface area contributed by atoms with E-state index in [0.717, 1.165) is 14.7 Å². The zero-order valence-corrected chi connectivity index (χ0v) is 17.0. The molecule has 0 aromatic heterocycles. The van der Waals surface area contributed by atoms with Gasteiger partial charge in [-0.1, -0.05) is 12.1 Å². The minimum Gasteiger partial charge on any atom is -0.332 e. The van der Waals surface area contributed by atoms with Crippen molar-refractivity contribution in [2.75, 3.05) is 10.6 Å². The lowest BCUT2D eigenvalue weighted by Gasteiger charge is -2.13. The summed E-state index contributed by atoms with van der Waals surface area (Å²) in [5.41, 5.74) is 3.97. The first-order chi connectivity index (χ1) is 11.8. The summed E-state index contributed by atoms with van der Waals surface area (Å²) >= 11 is 7.39. The van der Waals surface area contributed by atoms with Crippen LogP contribution in [0.2, 0.25) is 0 Å². The van der Waals surface area contributed by atoms with Gasteiger partial charge in [0.15, 0.2) is 5.11 Å². The fourth-order valence-electron chi connectivity index (χ4n) is 2.10. The summed E-state index contributed by atoms with van der Waals surface area (Å²) in [7, 11) is 0. The molecular weight excluding hydrogens is 449 g/mol. The molecule has 0 unspecified atom stereocenters. The first-order valence-corrected chi connectivity index (χ1v) is 9.01. The molecule has 3 N–H and O–H groups in total. The van der Waals surface area contributed by atoms with Gasteiger partial charge in [0.05, 0.1) is 0 Å². The van der Waals surface area contributed by atoms with Crippen molar-refractivity contribution in [3.8, 4) is 0 Å². The summed E-state index contributed by atoms with van der Waals surface area (Å²) in [5.74, 6) is -0.422. The molecule has 0 fully saturated rings. The fourth-order valence-corrected chi connectivity index (χ4v) is 2.82. The van der Waals surface area contributed by atoms with Crippen molar-refractivity contribution in [2.45, 2.75) is 20.8 Å². The molecule has 0 spiro atoms. The fraction of sp³-hybridized carbons (Fsp3) is 0.167. The highest BCUT2D eigenvalue weighted by Crippen LogP contribution is 2.20. The third-order valence-electron chi connectivity index (χ3n) is 3.47. The number of halogens is 1. The van der Waals surface area contributed by atoms with Crippen molar-refractivity contribution in [3.63, 3.8) is 0 Å². The molecule has 0 aliphatic heterocycles. The molecule has 5 nitrogen and oxygen atoms in total. The van der Waals surface area contributed by atoms with E-state index in [-0.39, 0.29) is 16.9 Å². The Morgan fingerprint density at radius 3 is 2.32 bits per heavy atom. The summed E-state index contributed by atoms with van der Waals surface area (Å²) in [6.07, 6.45) is 0. The number of thiocarbonyl (C=S) groups is 1. The summed E-state index contributed by atoms with van der Waals surface area (Å²) < 4.78 is 1.02. The van der Waals surface area contributed by atoms with E-state index in [4.69, 9.17) is 12.2 Å². The highest BCUT2D eigenvalue weighted by molar-refractivity contribution is 14.1. The lowest BCUT2D eigenvalue weighted by Crippen LogP contribution is -2.34. The van der Waals surface area contributed by atoms with Crippen LogP contribution in [0, 0.1) is 17.4 Å². The Morgan fingerprint density at radius 1 is 1.00 bits per heavy atom. The van der Waals surface area contributed by atoms with E-state index in [0.29, 0.717) is 16.9 Å². The SMILES string of the molecule is CC(=O)Nc1cc(NC(=S)NC(=O)c2ccc(C)c(I)c2)ccc1C. The lowest BCUT2D eigenvalue weighted by molar-refractivity contribution is -0.114. The quantitative estimate of drug-likeness (QED) is 0.472. The topological polar surface area (TPSA) is 70.2 Å². The van der Waals surface area contributed by atoms with Crippen LogP contribution in [0.25, 0.3) is 0 Å². The van der Waals surface area contributed by atoms with Gasteiger partial charge in [-0.15, -0.1) is 0 Å². The smallest absolute Gasteiger partial charge is 0.257 e. The van der Waals surface area contributed by atoms with Crippen molar-refractivity contribution >= 4 is 63.1 Å². The van der Waals surface area contributed by atoms with E-state index >= 15 is 0 Å². The number of carbonyl (C=O) groups is 2. The van der Waals surface area contributed by atoms with Crippen molar-refractivity contribution in [1.82, 2.24) is 5.32 Å². The molecule has 25 heavy (non-hydrogen) atoms. The Balaban J connectivity index is 2.05. The van der Waals surface area contributed by atoms with Crippen LogP contribution in [-0.2, 0) is 4.79 Å². The first kappa shape index (κ1) is 19.3. The molecule has 0 aliphatic rings. The normalized spacial score (nSPS) is 10.1. The van der Waals surface area contributed by atoms with Crippen LogP contribution >= 0.6 is 34.8 Å². The first-order valence-electron chi connectivity index (χ1n) is 7.53. The molecule has 0 radical (unpaired) electrons. The maximum absolute atomic E-state index is 12.3. The third kappa shape index (κ3) is 5.50. The number of aryl methyl sites for hydroxylation is 2. The highest BCUT2D eigenvalue weighted by atomic mass is 127. The number of carbonyl (C=O) groups excluding carboxylic acids is 2. The minimum atomic E-state index is -0.274. The molecule has 0 atom stereocenters. The van der Waals surface area contributed by atoms with Crippen LogP contribution in [0.3, 0.4) is 0 Å². The second-order valence-corrected chi connectivity index (χ2v) is 7.15. The third-order valence-corrected chi connectivity index (χ3v) is 4.83. The van der Waals surface area contributed by atoms with Crippen LogP contribution in [0.1, 0.15) is 28.4 Å². The number of rotatable bonds is 3. The maximum atomic E-state index is 12.3. The number of hydrogen-bond acceptors (Lipinski definition) is 3. The molecule has 0 bridgehead atoms. The number of hydrogen-bond donors (Lipinski definition) is 3. The molecule has 0 saturated carbocycles. The predicted octanol–water partition coefficient (Wildman–Crippen LogP) is 3.99. The van der Waals surface area contributed by atoms with Crippen molar-refractivity contribution < 1.29 is 9.59 Å². The minimum absolute atomic E-state index is 0.148. The largest absolute Gasteiger partial charge is 0.332 e. The summed E-state index contributed by atoms with van der Waals surface area (Å²) in [6.45, 7) is 5.33. The Morgan fingerprint density at radius 2 is 1.68 bits per heavy atom. The standard InChI is InChI=1S/C18H18IN3O2S/c1-10-4-6-13(8-15(10)19)17(24)22-18(25)21-14-7-5-11(2)16(9-14)20-12(3)23/h4-9H,1-3H3,(H,20,23)(H2,21,22,24,25). The van der Waals surface area contributed by atoms with Gasteiger partial charge in [-0.2, -0.15) is 0 Å². The van der Waals surface area contributed by atoms with Gasteiger partial charge >= 0.3 is 0 Å². The summed E-state index contributed by atoms with van der Waals surface area (Å²) in [5, 5.41) is 8.56. The van der Waals surface area contributed by atoms with E-state index in [1.165, 1.54) is 6.92 Å². The lowest BCUT2D eigenvalue weighted by atomic mass is 10.1. The molecule has 7 heteroatoms. The Bertz CT molecular complexity index is 852. The second-order valence-electron chi connectivity index (χ2n) is 5.58.